The van der Waals surface area contributed by atoms with Crippen LogP contribution in [0.2, 0.25) is 0 Å². The van der Waals surface area contributed by atoms with Crippen molar-refractivity contribution < 1.29 is 5.11 Å². The lowest BCUT2D eigenvalue weighted by molar-refractivity contribution is 0.310. The predicted molar refractivity (Wildman–Crippen MR) is 79.7 cm³/mol. The van der Waals surface area contributed by atoms with E-state index >= 15 is 0 Å². The second-order valence-electron chi connectivity index (χ2n) is 4.17. The summed E-state index contributed by atoms with van der Waals surface area (Å²) in [5, 5.41) is 14.9. The molecule has 0 aliphatic carbocycles. The van der Waals surface area contributed by atoms with Crippen molar-refractivity contribution >= 4 is 46.7 Å². The summed E-state index contributed by atoms with van der Waals surface area (Å²) < 4.78 is -1.72. The number of anilines is 2. The van der Waals surface area contributed by atoms with Crippen LogP contribution < -0.4 is 15.5 Å². The number of alkyl halides is 3. The van der Waals surface area contributed by atoms with Crippen LogP contribution >= 0.6 is 34.8 Å². The molecule has 20 heavy (non-hydrogen) atoms. The lowest BCUT2D eigenvalue weighted by atomic mass is 10.4. The van der Waals surface area contributed by atoms with E-state index in [0.717, 1.165) is 26.2 Å². The number of rotatable bonds is 4. The standard InChI is InChI=1S/C10H15Cl3N6O/c11-10(12,13)7-16-8(15-3-6-20)18-9(17-7)19-4-1-14-2-5-19/h14,20H,1-6H2,(H,15,16,17,18). The van der Waals surface area contributed by atoms with Crippen LogP contribution in [0.4, 0.5) is 11.9 Å². The molecule has 0 saturated carbocycles. The van der Waals surface area contributed by atoms with E-state index in [1.165, 1.54) is 0 Å². The molecular formula is C10H15Cl3N6O. The first-order valence-electron chi connectivity index (χ1n) is 6.14. The lowest BCUT2D eigenvalue weighted by Gasteiger charge is -2.28. The van der Waals surface area contributed by atoms with Gasteiger partial charge in [0.2, 0.25) is 15.7 Å². The molecule has 1 fully saturated rings. The minimum Gasteiger partial charge on any atom is -0.395 e. The van der Waals surface area contributed by atoms with Gasteiger partial charge < -0.3 is 20.6 Å². The van der Waals surface area contributed by atoms with Crippen molar-refractivity contribution in [3.8, 4) is 0 Å². The number of nitrogens with zero attached hydrogens (tertiary/aromatic N) is 4. The van der Waals surface area contributed by atoms with Crippen molar-refractivity contribution in [1.29, 1.82) is 0 Å². The monoisotopic (exact) mass is 340 g/mol. The fourth-order valence-electron chi connectivity index (χ4n) is 1.74. The van der Waals surface area contributed by atoms with E-state index in [0.29, 0.717) is 12.5 Å². The van der Waals surface area contributed by atoms with E-state index in [9.17, 15) is 0 Å². The van der Waals surface area contributed by atoms with Gasteiger partial charge in [-0.15, -0.1) is 0 Å². The zero-order valence-electron chi connectivity index (χ0n) is 10.6. The van der Waals surface area contributed by atoms with Gasteiger partial charge in [-0.25, -0.2) is 0 Å². The van der Waals surface area contributed by atoms with Crippen molar-refractivity contribution in [1.82, 2.24) is 20.3 Å². The number of hydrogen-bond acceptors (Lipinski definition) is 7. The third-order valence-electron chi connectivity index (χ3n) is 2.67. The number of piperazine rings is 1. The van der Waals surface area contributed by atoms with Crippen LogP contribution in [0.5, 0.6) is 0 Å². The average Bonchev–Trinajstić information content (AvgIpc) is 2.45. The Hall–Kier alpha value is -0.600. The molecule has 0 radical (unpaired) electrons. The number of hydrogen-bond donors (Lipinski definition) is 3. The normalized spacial score (nSPS) is 16.3. The molecule has 1 saturated heterocycles. The SMILES string of the molecule is OCCNc1nc(N2CCNCC2)nc(C(Cl)(Cl)Cl)n1. The molecule has 0 atom stereocenters. The maximum Gasteiger partial charge on any atom is 0.250 e. The van der Waals surface area contributed by atoms with Gasteiger partial charge in [-0.3, -0.25) is 0 Å². The largest absolute Gasteiger partial charge is 0.395 e. The van der Waals surface area contributed by atoms with Crippen LogP contribution in [0, 0.1) is 0 Å². The Labute approximate surface area is 131 Å². The highest BCUT2D eigenvalue weighted by Gasteiger charge is 2.29. The molecule has 1 aliphatic heterocycles. The molecular weight excluding hydrogens is 327 g/mol. The molecule has 2 heterocycles. The van der Waals surface area contributed by atoms with E-state index in [-0.39, 0.29) is 18.4 Å². The summed E-state index contributed by atoms with van der Waals surface area (Å²) in [7, 11) is 0. The highest BCUT2D eigenvalue weighted by Crippen LogP contribution is 2.36. The first kappa shape index (κ1) is 15.8. The Kier molecular flexibility index (Phi) is 5.45. The molecule has 0 bridgehead atoms. The van der Waals surface area contributed by atoms with Gasteiger partial charge in [0.1, 0.15) is 0 Å². The molecule has 0 unspecified atom stereocenters. The second-order valence-corrected chi connectivity index (χ2v) is 6.45. The molecule has 0 amide bonds. The summed E-state index contributed by atoms with van der Waals surface area (Å²) >= 11 is 17.5. The zero-order valence-corrected chi connectivity index (χ0v) is 12.9. The second kappa shape index (κ2) is 6.91. The van der Waals surface area contributed by atoms with Gasteiger partial charge in [0.05, 0.1) is 6.61 Å². The molecule has 0 spiro atoms. The smallest absolute Gasteiger partial charge is 0.250 e. The van der Waals surface area contributed by atoms with Crippen molar-refractivity contribution in [2.24, 2.45) is 0 Å². The van der Waals surface area contributed by atoms with E-state index in [1.54, 1.807) is 0 Å². The van der Waals surface area contributed by atoms with Gasteiger partial charge in [-0.2, -0.15) is 15.0 Å². The van der Waals surface area contributed by atoms with Crippen LogP contribution in [0.3, 0.4) is 0 Å². The maximum atomic E-state index is 8.84. The highest BCUT2D eigenvalue weighted by atomic mass is 35.6. The molecule has 1 aromatic heterocycles. The zero-order chi connectivity index (χ0) is 14.6. The minimum atomic E-state index is -1.72. The first-order chi connectivity index (χ1) is 9.50. The van der Waals surface area contributed by atoms with Crippen molar-refractivity contribution in [2.45, 2.75) is 3.79 Å². The van der Waals surface area contributed by atoms with Gasteiger partial charge in [-0.1, -0.05) is 34.8 Å². The topological polar surface area (TPSA) is 86.2 Å². The Morgan fingerprint density at radius 1 is 1.20 bits per heavy atom. The third kappa shape index (κ3) is 4.20. The van der Waals surface area contributed by atoms with Gasteiger partial charge in [0.15, 0.2) is 5.82 Å². The molecule has 1 aliphatic rings. The number of aliphatic hydroxyl groups is 1. The van der Waals surface area contributed by atoms with E-state index < -0.39 is 3.79 Å². The molecule has 0 aromatic carbocycles. The molecule has 112 valence electrons. The van der Waals surface area contributed by atoms with Crippen molar-refractivity contribution in [3.05, 3.63) is 5.82 Å². The summed E-state index contributed by atoms with van der Waals surface area (Å²) in [6.07, 6.45) is 0. The molecule has 1 aromatic rings. The molecule has 10 heteroatoms. The van der Waals surface area contributed by atoms with E-state index in [2.05, 4.69) is 25.6 Å². The van der Waals surface area contributed by atoms with Crippen LogP contribution in [0.15, 0.2) is 0 Å². The van der Waals surface area contributed by atoms with Crippen LogP contribution in [-0.4, -0.2) is 59.4 Å². The minimum absolute atomic E-state index is 0.0439. The van der Waals surface area contributed by atoms with Gasteiger partial charge in [0, 0.05) is 32.7 Å². The summed E-state index contributed by atoms with van der Waals surface area (Å²) in [6.45, 7) is 3.48. The van der Waals surface area contributed by atoms with Crippen molar-refractivity contribution in [3.63, 3.8) is 0 Å². The first-order valence-corrected chi connectivity index (χ1v) is 7.28. The van der Waals surface area contributed by atoms with E-state index in [1.807, 2.05) is 4.90 Å². The number of aromatic nitrogens is 3. The Bertz CT molecular complexity index is 449. The number of nitrogens with one attached hydrogen (secondary N) is 2. The summed E-state index contributed by atoms with van der Waals surface area (Å²) in [4.78, 5) is 14.5. The highest BCUT2D eigenvalue weighted by molar-refractivity contribution is 6.66. The summed E-state index contributed by atoms with van der Waals surface area (Å²) in [5.41, 5.74) is 0. The quantitative estimate of drug-likeness (QED) is 0.688. The summed E-state index contributed by atoms with van der Waals surface area (Å²) in [5.74, 6) is 0.804. The number of aliphatic hydroxyl groups excluding tert-OH is 1. The fourth-order valence-corrected chi connectivity index (χ4v) is 2.00. The van der Waals surface area contributed by atoms with Crippen molar-refractivity contribution in [2.75, 3.05) is 49.5 Å². The summed E-state index contributed by atoms with van der Waals surface area (Å²) in [6, 6.07) is 0. The van der Waals surface area contributed by atoms with E-state index in [4.69, 9.17) is 39.9 Å². The van der Waals surface area contributed by atoms with Crippen LogP contribution in [0.25, 0.3) is 0 Å². The Morgan fingerprint density at radius 2 is 1.90 bits per heavy atom. The maximum absolute atomic E-state index is 8.84. The lowest BCUT2D eigenvalue weighted by Crippen LogP contribution is -2.44. The van der Waals surface area contributed by atoms with Crippen LogP contribution in [-0.2, 0) is 3.79 Å². The van der Waals surface area contributed by atoms with Crippen LogP contribution in [0.1, 0.15) is 5.82 Å². The third-order valence-corrected chi connectivity index (χ3v) is 3.18. The van der Waals surface area contributed by atoms with Gasteiger partial charge in [0.25, 0.3) is 0 Å². The Morgan fingerprint density at radius 3 is 2.50 bits per heavy atom. The molecule has 3 N–H and O–H groups in total. The van der Waals surface area contributed by atoms with Gasteiger partial charge in [-0.05, 0) is 0 Å². The predicted octanol–water partition coefficient (Wildman–Crippen LogP) is 0.512. The average molecular weight is 342 g/mol. The Balaban J connectivity index is 2.29. The number of halogens is 3. The molecule has 7 nitrogen and oxygen atoms in total. The fraction of sp³-hybridized carbons (Fsp3) is 0.700. The van der Waals surface area contributed by atoms with Gasteiger partial charge >= 0.3 is 0 Å². The molecule has 2 rings (SSSR count).